The number of rotatable bonds is 5. The largest absolute Gasteiger partial charge is 0.376 e. The number of nitrogens with one attached hydrogen (secondary N) is 1. The van der Waals surface area contributed by atoms with Crippen molar-refractivity contribution in [3.63, 3.8) is 0 Å². The smallest absolute Gasteiger partial charge is 0.128 e. The minimum atomic E-state index is -0.169. The molecule has 0 aromatic heterocycles. The lowest BCUT2D eigenvalue weighted by molar-refractivity contribution is -0.0306. The summed E-state index contributed by atoms with van der Waals surface area (Å²) in [5.41, 5.74) is 1.03. The van der Waals surface area contributed by atoms with Crippen molar-refractivity contribution in [3.8, 4) is 0 Å². The van der Waals surface area contributed by atoms with E-state index < -0.39 is 0 Å². The molecule has 0 radical (unpaired) electrons. The summed E-state index contributed by atoms with van der Waals surface area (Å²) in [5, 5.41) is 3.17. The van der Waals surface area contributed by atoms with Crippen LogP contribution in [0.5, 0.6) is 0 Å². The molecule has 1 aromatic carbocycles. The summed E-state index contributed by atoms with van der Waals surface area (Å²) in [6.07, 6.45) is 3.74. The maximum Gasteiger partial charge on any atom is 0.128 e. The predicted molar refractivity (Wildman–Crippen MR) is 84.7 cm³/mol. The highest BCUT2D eigenvalue weighted by Crippen LogP contribution is 2.39. The Morgan fingerprint density at radius 3 is 2.67 bits per heavy atom. The van der Waals surface area contributed by atoms with E-state index in [1.54, 1.807) is 6.07 Å². The molecule has 0 heterocycles. The number of benzene rings is 1. The molecule has 0 spiro atoms. The molecule has 21 heavy (non-hydrogen) atoms. The SMILES string of the molecule is CNC(COC1CC(C)CC(C)(C)C1)c1ccccc1F. The van der Waals surface area contributed by atoms with Crippen molar-refractivity contribution in [3.05, 3.63) is 35.6 Å². The minimum Gasteiger partial charge on any atom is -0.376 e. The molecule has 118 valence electrons. The van der Waals surface area contributed by atoms with Crippen LogP contribution < -0.4 is 5.32 Å². The lowest BCUT2D eigenvalue weighted by atomic mass is 9.71. The number of hydrogen-bond donors (Lipinski definition) is 1. The molecule has 1 aliphatic rings. The number of halogens is 1. The van der Waals surface area contributed by atoms with E-state index in [0.29, 0.717) is 23.5 Å². The Hall–Kier alpha value is -0.930. The summed E-state index contributed by atoms with van der Waals surface area (Å²) in [7, 11) is 1.86. The van der Waals surface area contributed by atoms with E-state index in [4.69, 9.17) is 4.74 Å². The quantitative estimate of drug-likeness (QED) is 0.873. The van der Waals surface area contributed by atoms with Crippen molar-refractivity contribution in [2.75, 3.05) is 13.7 Å². The summed E-state index contributed by atoms with van der Waals surface area (Å²) in [6.45, 7) is 7.44. The maximum atomic E-state index is 13.9. The second-order valence-electron chi connectivity index (χ2n) is 7.23. The predicted octanol–water partition coefficient (Wildman–Crippen LogP) is 4.32. The first kappa shape index (κ1) is 16.4. The van der Waals surface area contributed by atoms with Crippen LogP contribution >= 0.6 is 0 Å². The van der Waals surface area contributed by atoms with Crippen LogP contribution in [0.1, 0.15) is 51.6 Å². The maximum absolute atomic E-state index is 13.9. The molecule has 1 saturated carbocycles. The van der Waals surface area contributed by atoms with Crippen molar-refractivity contribution >= 4 is 0 Å². The summed E-state index contributed by atoms with van der Waals surface area (Å²) in [4.78, 5) is 0. The Morgan fingerprint density at radius 2 is 2.05 bits per heavy atom. The number of ether oxygens (including phenoxy) is 1. The fourth-order valence-electron chi connectivity index (χ4n) is 3.70. The van der Waals surface area contributed by atoms with Crippen LogP contribution in [0.3, 0.4) is 0 Å². The van der Waals surface area contributed by atoms with Crippen molar-refractivity contribution in [1.82, 2.24) is 5.32 Å². The molecule has 2 rings (SSSR count). The van der Waals surface area contributed by atoms with E-state index in [1.165, 1.54) is 12.5 Å². The Balaban J connectivity index is 1.96. The topological polar surface area (TPSA) is 21.3 Å². The van der Waals surface area contributed by atoms with Gasteiger partial charge in [0.25, 0.3) is 0 Å². The zero-order valence-electron chi connectivity index (χ0n) is 13.7. The highest BCUT2D eigenvalue weighted by molar-refractivity contribution is 5.21. The number of hydrogen-bond acceptors (Lipinski definition) is 2. The molecule has 3 heteroatoms. The minimum absolute atomic E-state index is 0.0912. The first-order valence-corrected chi connectivity index (χ1v) is 7.94. The molecule has 1 N–H and O–H groups in total. The second kappa shape index (κ2) is 6.89. The average Bonchev–Trinajstić information content (AvgIpc) is 2.39. The monoisotopic (exact) mass is 293 g/mol. The van der Waals surface area contributed by atoms with E-state index in [0.717, 1.165) is 12.8 Å². The van der Waals surface area contributed by atoms with Gasteiger partial charge in [-0.05, 0) is 43.7 Å². The third kappa shape index (κ3) is 4.52. The van der Waals surface area contributed by atoms with Gasteiger partial charge in [0.1, 0.15) is 5.82 Å². The standard InChI is InChI=1S/C18H28FNO/c1-13-9-14(11-18(2,3)10-13)21-12-17(20-4)15-7-5-6-8-16(15)19/h5-8,13-14,17,20H,9-12H2,1-4H3. The lowest BCUT2D eigenvalue weighted by Crippen LogP contribution is -2.34. The molecule has 0 aliphatic heterocycles. The fourth-order valence-corrected chi connectivity index (χ4v) is 3.70. The van der Waals surface area contributed by atoms with Gasteiger partial charge in [-0.2, -0.15) is 0 Å². The van der Waals surface area contributed by atoms with Crippen LogP contribution in [0.4, 0.5) is 4.39 Å². The van der Waals surface area contributed by atoms with Gasteiger partial charge in [0.2, 0.25) is 0 Å². The van der Waals surface area contributed by atoms with Gasteiger partial charge < -0.3 is 10.1 Å². The van der Waals surface area contributed by atoms with E-state index in [9.17, 15) is 4.39 Å². The molecule has 0 amide bonds. The van der Waals surface area contributed by atoms with Crippen molar-refractivity contribution in [2.45, 2.75) is 52.2 Å². The Bertz CT molecular complexity index is 460. The normalized spacial score (nSPS) is 26.5. The number of likely N-dealkylation sites (N-methyl/N-ethyl adjacent to an activating group) is 1. The fraction of sp³-hybridized carbons (Fsp3) is 0.667. The van der Waals surface area contributed by atoms with Crippen molar-refractivity contribution in [2.24, 2.45) is 11.3 Å². The second-order valence-corrected chi connectivity index (χ2v) is 7.23. The van der Waals surface area contributed by atoms with Crippen LogP contribution in [0.25, 0.3) is 0 Å². The first-order chi connectivity index (χ1) is 9.91. The summed E-state index contributed by atoms with van der Waals surface area (Å²) >= 11 is 0. The van der Waals surface area contributed by atoms with Crippen LogP contribution in [-0.2, 0) is 4.74 Å². The molecular weight excluding hydrogens is 265 g/mol. The zero-order valence-corrected chi connectivity index (χ0v) is 13.7. The summed E-state index contributed by atoms with van der Waals surface area (Å²) in [5.74, 6) is 0.526. The van der Waals surface area contributed by atoms with Crippen LogP contribution in [-0.4, -0.2) is 19.8 Å². The van der Waals surface area contributed by atoms with Gasteiger partial charge >= 0.3 is 0 Å². The van der Waals surface area contributed by atoms with E-state index in [-0.39, 0.29) is 18.0 Å². The molecular formula is C18H28FNO. The zero-order chi connectivity index (χ0) is 15.5. The third-order valence-electron chi connectivity index (χ3n) is 4.47. The molecule has 1 aliphatic carbocycles. The molecule has 1 fully saturated rings. The van der Waals surface area contributed by atoms with Gasteiger partial charge in [-0.1, -0.05) is 39.0 Å². The van der Waals surface area contributed by atoms with E-state index in [1.807, 2.05) is 19.2 Å². The van der Waals surface area contributed by atoms with Crippen molar-refractivity contribution < 1.29 is 9.13 Å². The van der Waals surface area contributed by atoms with Crippen LogP contribution in [0.2, 0.25) is 0 Å². The molecule has 0 bridgehead atoms. The molecule has 2 nitrogen and oxygen atoms in total. The Labute approximate surface area is 128 Å². The highest BCUT2D eigenvalue weighted by Gasteiger charge is 2.32. The van der Waals surface area contributed by atoms with Gasteiger partial charge in [0.15, 0.2) is 0 Å². The molecule has 3 unspecified atom stereocenters. The molecule has 1 aromatic rings. The lowest BCUT2D eigenvalue weighted by Gasteiger charge is -2.39. The van der Waals surface area contributed by atoms with E-state index >= 15 is 0 Å². The van der Waals surface area contributed by atoms with Gasteiger partial charge in [0.05, 0.1) is 18.8 Å². The first-order valence-electron chi connectivity index (χ1n) is 7.94. The summed E-state index contributed by atoms with van der Waals surface area (Å²) < 4.78 is 20.0. The molecule has 0 saturated heterocycles. The average molecular weight is 293 g/mol. The van der Waals surface area contributed by atoms with Crippen molar-refractivity contribution in [1.29, 1.82) is 0 Å². The Morgan fingerprint density at radius 1 is 1.33 bits per heavy atom. The van der Waals surface area contributed by atoms with E-state index in [2.05, 4.69) is 26.1 Å². The van der Waals surface area contributed by atoms with Crippen LogP contribution in [0.15, 0.2) is 24.3 Å². The van der Waals surface area contributed by atoms with Gasteiger partial charge in [-0.3, -0.25) is 0 Å². The Kier molecular flexibility index (Phi) is 5.39. The van der Waals surface area contributed by atoms with Gasteiger partial charge in [-0.25, -0.2) is 4.39 Å². The van der Waals surface area contributed by atoms with Gasteiger partial charge in [0, 0.05) is 5.56 Å². The van der Waals surface area contributed by atoms with Gasteiger partial charge in [-0.15, -0.1) is 0 Å². The highest BCUT2D eigenvalue weighted by atomic mass is 19.1. The third-order valence-corrected chi connectivity index (χ3v) is 4.47. The van der Waals surface area contributed by atoms with Crippen LogP contribution in [0, 0.1) is 17.2 Å². The summed E-state index contributed by atoms with van der Waals surface area (Å²) in [6, 6.07) is 6.83. The molecule has 3 atom stereocenters.